The molecule has 0 amide bonds. The summed E-state index contributed by atoms with van der Waals surface area (Å²) in [5.41, 5.74) is 18.9. The summed E-state index contributed by atoms with van der Waals surface area (Å²) in [6.45, 7) is 17.9. The van der Waals surface area contributed by atoms with Crippen molar-refractivity contribution in [2.45, 2.75) is 98.2 Å². The Morgan fingerprint density at radius 2 is 1.39 bits per heavy atom. The van der Waals surface area contributed by atoms with E-state index in [9.17, 15) is 0 Å². The molecule has 0 aliphatic heterocycles. The molecule has 1 radical (unpaired) electrons. The second-order valence-corrected chi connectivity index (χ2v) is 25.3. The Morgan fingerprint density at radius 1 is 0.667 bits per heavy atom. The van der Waals surface area contributed by atoms with Gasteiger partial charge < -0.3 is 14.0 Å². The maximum Gasteiger partial charge on any atom is 0.216 e. The van der Waals surface area contributed by atoms with Gasteiger partial charge in [-0.3, -0.25) is 4.98 Å². The van der Waals surface area contributed by atoms with Crippen LogP contribution in [-0.2, 0) is 20.1 Å². The van der Waals surface area contributed by atoms with Crippen LogP contribution in [0.15, 0.2) is 150 Å². The van der Waals surface area contributed by atoms with Crippen LogP contribution in [0.2, 0.25) is 19.6 Å². The first-order chi connectivity index (χ1) is 32.9. The monoisotopic (exact) mass is 1100 g/mol. The second kappa shape index (κ2) is 20.0. The molecule has 0 N–H and O–H groups in total. The summed E-state index contributed by atoms with van der Waals surface area (Å²) in [5, 5.41) is 3.45. The molecule has 1 saturated carbocycles. The molecule has 1 aliphatic rings. The van der Waals surface area contributed by atoms with E-state index in [0.717, 1.165) is 55.7 Å². The molecule has 10 aromatic rings. The van der Waals surface area contributed by atoms with Crippen molar-refractivity contribution in [1.29, 1.82) is 0 Å². The van der Waals surface area contributed by atoms with Crippen molar-refractivity contribution >= 4 is 46.4 Å². The van der Waals surface area contributed by atoms with E-state index in [1.165, 1.54) is 87.5 Å². The molecule has 4 aromatic heterocycles. The van der Waals surface area contributed by atoms with Gasteiger partial charge in [0, 0.05) is 48.6 Å². The number of benzene rings is 6. The van der Waals surface area contributed by atoms with Gasteiger partial charge in [0.2, 0.25) is 5.71 Å². The quantitative estimate of drug-likeness (QED) is 0.112. The largest absolute Gasteiger partial charge is 0.486 e. The third-order valence-corrected chi connectivity index (χ3v) is 15.7. The summed E-state index contributed by atoms with van der Waals surface area (Å²) in [5.74, 6) is 1.90. The number of hydrogen-bond acceptors (Lipinski definition) is 4. The molecule has 0 unspecified atom stereocenters. The summed E-state index contributed by atoms with van der Waals surface area (Å²) in [6, 6.07) is 57.2. The fourth-order valence-electron chi connectivity index (χ4n) is 10.0. The van der Waals surface area contributed by atoms with Crippen molar-refractivity contribution in [3.05, 3.63) is 186 Å². The summed E-state index contributed by atoms with van der Waals surface area (Å²) < 4.78 is 8.24. The molecule has 4 heterocycles. The average molecular weight is 1100 g/mol. The van der Waals surface area contributed by atoms with Gasteiger partial charge in [0.05, 0.1) is 30.5 Å². The minimum Gasteiger partial charge on any atom is -0.486 e. The molecule has 7 heteroatoms. The first-order valence-electron chi connectivity index (χ1n) is 24.4. The Kier molecular flexibility index (Phi) is 13.9. The summed E-state index contributed by atoms with van der Waals surface area (Å²) >= 11 is 0. The maximum atomic E-state index is 5.83. The number of rotatable bonds is 8. The number of fused-ring (bicyclic) bond motifs is 4. The predicted octanol–water partition coefficient (Wildman–Crippen LogP) is 16.3. The van der Waals surface area contributed by atoms with Crippen molar-refractivity contribution in [2.75, 3.05) is 0 Å². The van der Waals surface area contributed by atoms with E-state index in [2.05, 4.69) is 201 Å². The standard InChI is InChI=1S/C42H41N2.C20H19N2OSi.Ir/c1-28(2)37-26-36(35-24-29(3)23-30(4)25-35)27-38(33-15-9-6-10-16-33)41(37)44-40-18-12-11-17-39(40)43-42(44)34-21-19-32(20-22-34)31-13-7-5-8-14-31;1-13-5-8-16-17-11-14(6-10-19(17)23-20(16)22-13)18-9-7-15(12-21-18)24(2,3)4;/h6,9-12,15-21,23-28,31H,5,7-8,13-14H2,1-4H3;5,7-12H,1-4H3;/q2*-1;. The van der Waals surface area contributed by atoms with E-state index in [4.69, 9.17) is 9.40 Å². The molecule has 1 aliphatic carbocycles. The van der Waals surface area contributed by atoms with Crippen LogP contribution < -0.4 is 5.19 Å². The zero-order valence-corrected chi connectivity index (χ0v) is 44.5. The topological polar surface area (TPSA) is 56.7 Å². The zero-order valence-electron chi connectivity index (χ0n) is 41.1. The molecule has 11 rings (SSSR count). The van der Waals surface area contributed by atoms with Crippen LogP contribution in [-0.4, -0.2) is 27.6 Å². The van der Waals surface area contributed by atoms with Crippen LogP contribution in [0, 0.1) is 32.9 Å². The van der Waals surface area contributed by atoms with E-state index in [-0.39, 0.29) is 20.1 Å². The van der Waals surface area contributed by atoms with E-state index in [0.29, 0.717) is 17.5 Å². The zero-order chi connectivity index (χ0) is 47.1. The van der Waals surface area contributed by atoms with Gasteiger partial charge in [0.25, 0.3) is 0 Å². The number of para-hydroxylation sites is 2. The van der Waals surface area contributed by atoms with E-state index in [1.807, 2.05) is 25.3 Å². The Balaban J connectivity index is 0.000000200. The average Bonchev–Trinajstić information content (AvgIpc) is 3.91. The molecule has 69 heavy (non-hydrogen) atoms. The molecule has 1 fully saturated rings. The number of furan rings is 1. The molecule has 0 bridgehead atoms. The van der Waals surface area contributed by atoms with Gasteiger partial charge in [-0.05, 0) is 96.2 Å². The van der Waals surface area contributed by atoms with Gasteiger partial charge >= 0.3 is 0 Å². The van der Waals surface area contributed by atoms with Crippen molar-refractivity contribution in [3.8, 4) is 50.6 Å². The molecular weight excluding hydrogens is 1040 g/mol. The number of nitrogens with zero attached hydrogens (tertiary/aromatic N) is 4. The smallest absolute Gasteiger partial charge is 0.216 e. The molecule has 0 saturated heterocycles. The van der Waals surface area contributed by atoms with Crippen LogP contribution in [0.5, 0.6) is 0 Å². The van der Waals surface area contributed by atoms with E-state index in [1.54, 1.807) is 0 Å². The number of imidazole rings is 1. The van der Waals surface area contributed by atoms with Crippen LogP contribution in [0.1, 0.15) is 85.7 Å². The Morgan fingerprint density at radius 3 is 2.09 bits per heavy atom. The van der Waals surface area contributed by atoms with Crippen molar-refractivity contribution < 1.29 is 24.5 Å². The fourth-order valence-corrected chi connectivity index (χ4v) is 11.1. The molecular formula is C62H60IrN4OSi-2. The summed E-state index contributed by atoms with van der Waals surface area (Å²) in [4.78, 5) is 14.4. The Bertz CT molecular complexity index is 3390. The van der Waals surface area contributed by atoms with Gasteiger partial charge in [-0.2, -0.15) is 0 Å². The normalized spacial score (nSPS) is 13.2. The number of aromatic nitrogens is 4. The minimum absolute atomic E-state index is 0. The van der Waals surface area contributed by atoms with Crippen LogP contribution in [0.4, 0.5) is 0 Å². The Hall–Kier alpha value is -6.24. The van der Waals surface area contributed by atoms with Gasteiger partial charge in [0.1, 0.15) is 0 Å². The van der Waals surface area contributed by atoms with E-state index >= 15 is 0 Å². The summed E-state index contributed by atoms with van der Waals surface area (Å²) in [6.07, 6.45) is 8.62. The molecule has 0 atom stereocenters. The van der Waals surface area contributed by atoms with Crippen molar-refractivity contribution in [2.24, 2.45) is 0 Å². The molecule has 5 nitrogen and oxygen atoms in total. The third kappa shape index (κ3) is 9.97. The van der Waals surface area contributed by atoms with Crippen LogP contribution in [0.25, 0.3) is 83.7 Å². The van der Waals surface area contributed by atoms with Gasteiger partial charge in [-0.25, -0.2) is 4.98 Å². The Labute approximate surface area is 422 Å². The second-order valence-electron chi connectivity index (χ2n) is 20.2. The SMILES string of the molecule is Cc1cc(C)cc(-c2cc(-c3ccccc3)c(-n3c(-c4[c-]cc(C5CCCCC5)cc4)nc4ccccc43)c(C(C)C)c2)c1.Cc1ccc2c(n1)oc1c[c-]c(-c3ccc([Si](C)(C)C)cn3)cc12.[Ir]. The first-order valence-corrected chi connectivity index (χ1v) is 27.9. The number of pyridine rings is 2. The van der Waals surface area contributed by atoms with E-state index < -0.39 is 8.07 Å². The maximum absolute atomic E-state index is 5.83. The number of aryl methyl sites for hydroxylation is 3. The van der Waals surface area contributed by atoms with Crippen molar-refractivity contribution in [1.82, 2.24) is 19.5 Å². The van der Waals surface area contributed by atoms with Gasteiger partial charge in [-0.15, -0.1) is 59.2 Å². The first kappa shape index (κ1) is 47.8. The van der Waals surface area contributed by atoms with Crippen LogP contribution in [0.3, 0.4) is 0 Å². The fraction of sp³-hybridized carbons (Fsp3) is 0.242. The molecule has 6 aromatic carbocycles. The molecule has 0 spiro atoms. The predicted molar refractivity (Wildman–Crippen MR) is 287 cm³/mol. The molecule has 349 valence electrons. The van der Waals surface area contributed by atoms with Crippen molar-refractivity contribution in [3.63, 3.8) is 0 Å². The van der Waals surface area contributed by atoms with Gasteiger partial charge in [-0.1, -0.05) is 161 Å². The third-order valence-electron chi connectivity index (χ3n) is 13.7. The van der Waals surface area contributed by atoms with Crippen LogP contribution >= 0.6 is 0 Å². The van der Waals surface area contributed by atoms with Gasteiger partial charge in [0.15, 0.2) is 0 Å². The number of hydrogen-bond donors (Lipinski definition) is 0. The minimum atomic E-state index is -1.33. The summed E-state index contributed by atoms with van der Waals surface area (Å²) in [7, 11) is -1.33.